The smallest absolute Gasteiger partial charge is 0.162 e. The first-order valence-electron chi connectivity index (χ1n) is 7.01. The first-order valence-corrected chi connectivity index (χ1v) is 7.01. The van der Waals surface area contributed by atoms with E-state index in [1.54, 1.807) is 24.3 Å². The molecular formula is C16H25NO3. The van der Waals surface area contributed by atoms with Crippen LogP contribution in [0.4, 0.5) is 0 Å². The largest absolute Gasteiger partial charge is 0.491 e. The molecule has 0 fully saturated rings. The van der Waals surface area contributed by atoms with Gasteiger partial charge < -0.3 is 15.2 Å². The van der Waals surface area contributed by atoms with Crippen molar-refractivity contribution >= 4 is 5.78 Å². The van der Waals surface area contributed by atoms with E-state index in [0.29, 0.717) is 24.3 Å². The molecule has 4 nitrogen and oxygen atoms in total. The van der Waals surface area contributed by atoms with E-state index in [1.807, 2.05) is 27.7 Å². The number of β-amino-alcohol motifs (C(OH)–C–C–N with tert-alkyl or cyclic N) is 1. The number of benzene rings is 1. The van der Waals surface area contributed by atoms with E-state index < -0.39 is 6.10 Å². The molecular weight excluding hydrogens is 254 g/mol. The number of ketones is 1. The number of rotatable bonds is 7. The van der Waals surface area contributed by atoms with E-state index in [4.69, 9.17) is 4.74 Å². The lowest BCUT2D eigenvalue weighted by Gasteiger charge is -2.22. The fraction of sp³-hybridized carbons (Fsp3) is 0.562. The molecule has 1 aromatic carbocycles. The van der Waals surface area contributed by atoms with Crippen molar-refractivity contribution in [2.45, 2.75) is 45.8 Å². The molecule has 0 aliphatic carbocycles. The maximum atomic E-state index is 11.5. The van der Waals surface area contributed by atoms with Crippen LogP contribution in [0.3, 0.4) is 0 Å². The van der Waals surface area contributed by atoms with Gasteiger partial charge in [-0.2, -0.15) is 0 Å². The van der Waals surface area contributed by atoms with Crippen LogP contribution in [0.15, 0.2) is 24.3 Å². The summed E-state index contributed by atoms with van der Waals surface area (Å²) in [4.78, 5) is 11.5. The van der Waals surface area contributed by atoms with Gasteiger partial charge in [0.15, 0.2) is 5.78 Å². The van der Waals surface area contributed by atoms with Crippen molar-refractivity contribution < 1.29 is 14.6 Å². The minimum absolute atomic E-state index is 0.0247. The van der Waals surface area contributed by atoms with Crippen LogP contribution in [-0.2, 0) is 0 Å². The van der Waals surface area contributed by atoms with Gasteiger partial charge in [0.05, 0.1) is 0 Å². The van der Waals surface area contributed by atoms with Crippen LogP contribution < -0.4 is 10.1 Å². The Bertz CT molecular complexity index is 420. The van der Waals surface area contributed by atoms with Gasteiger partial charge in [-0.25, -0.2) is 0 Å². The van der Waals surface area contributed by atoms with Gasteiger partial charge in [-0.1, -0.05) is 6.92 Å². The molecule has 4 heteroatoms. The molecule has 1 rings (SSSR count). The number of Topliss-reactive ketones (excluding diaryl/α,β-unsaturated/α-hetero) is 1. The second kappa shape index (κ2) is 7.41. The highest BCUT2D eigenvalue weighted by molar-refractivity contribution is 5.95. The van der Waals surface area contributed by atoms with Crippen LogP contribution in [-0.4, -0.2) is 35.7 Å². The SMILES string of the molecule is CCC(=O)c1ccc(OCC(O)CNC(C)(C)C)cc1. The van der Waals surface area contributed by atoms with Crippen LogP contribution in [0, 0.1) is 0 Å². The average Bonchev–Trinajstić information content (AvgIpc) is 2.41. The molecule has 0 aliphatic rings. The normalized spacial score (nSPS) is 13.1. The third-order valence-electron chi connectivity index (χ3n) is 2.81. The molecule has 0 saturated heterocycles. The zero-order valence-corrected chi connectivity index (χ0v) is 12.8. The molecule has 0 bridgehead atoms. The molecule has 0 amide bonds. The summed E-state index contributed by atoms with van der Waals surface area (Å²) in [5.74, 6) is 0.776. The van der Waals surface area contributed by atoms with E-state index in [2.05, 4.69) is 5.32 Å². The highest BCUT2D eigenvalue weighted by Crippen LogP contribution is 2.13. The van der Waals surface area contributed by atoms with Crippen molar-refractivity contribution in [3.63, 3.8) is 0 Å². The fourth-order valence-electron chi connectivity index (χ4n) is 1.62. The van der Waals surface area contributed by atoms with E-state index in [-0.39, 0.29) is 17.9 Å². The van der Waals surface area contributed by atoms with Gasteiger partial charge in [0.1, 0.15) is 18.5 Å². The second-order valence-electron chi connectivity index (χ2n) is 5.90. The fourth-order valence-corrected chi connectivity index (χ4v) is 1.62. The van der Waals surface area contributed by atoms with Gasteiger partial charge in [-0.05, 0) is 45.0 Å². The van der Waals surface area contributed by atoms with Crippen LogP contribution in [0.2, 0.25) is 0 Å². The third kappa shape index (κ3) is 6.17. The van der Waals surface area contributed by atoms with Crippen molar-refractivity contribution in [3.05, 3.63) is 29.8 Å². The molecule has 0 aromatic heterocycles. The van der Waals surface area contributed by atoms with Crippen molar-refractivity contribution in [3.8, 4) is 5.75 Å². The summed E-state index contributed by atoms with van der Waals surface area (Å²) in [5.41, 5.74) is 0.665. The first kappa shape index (κ1) is 16.7. The average molecular weight is 279 g/mol. The Morgan fingerprint density at radius 1 is 1.30 bits per heavy atom. The Kier molecular flexibility index (Phi) is 6.17. The van der Waals surface area contributed by atoms with Crippen molar-refractivity contribution in [2.24, 2.45) is 0 Å². The second-order valence-corrected chi connectivity index (χ2v) is 5.90. The number of ether oxygens (including phenoxy) is 1. The molecule has 0 spiro atoms. The van der Waals surface area contributed by atoms with Gasteiger partial charge in [0.2, 0.25) is 0 Å². The molecule has 0 radical (unpaired) electrons. The maximum absolute atomic E-state index is 11.5. The summed E-state index contributed by atoms with van der Waals surface area (Å²) < 4.78 is 5.50. The predicted octanol–water partition coefficient (Wildman–Crippen LogP) is 2.41. The quantitative estimate of drug-likeness (QED) is 0.753. The summed E-state index contributed by atoms with van der Waals surface area (Å²) in [6.07, 6.45) is -0.0663. The van der Waals surface area contributed by atoms with Gasteiger partial charge in [0, 0.05) is 24.1 Å². The standard InChI is InChI=1S/C16H25NO3/c1-5-15(19)12-6-8-14(9-7-12)20-11-13(18)10-17-16(2,3)4/h6-9,13,17-18H,5,10-11H2,1-4H3. The molecule has 0 aliphatic heterocycles. The van der Waals surface area contributed by atoms with E-state index in [1.165, 1.54) is 0 Å². The lowest BCUT2D eigenvalue weighted by Crippen LogP contribution is -2.42. The van der Waals surface area contributed by atoms with E-state index in [9.17, 15) is 9.90 Å². The summed E-state index contributed by atoms with van der Waals surface area (Å²) >= 11 is 0. The number of aliphatic hydroxyl groups is 1. The monoisotopic (exact) mass is 279 g/mol. The van der Waals surface area contributed by atoms with E-state index >= 15 is 0 Å². The Morgan fingerprint density at radius 3 is 2.40 bits per heavy atom. The van der Waals surface area contributed by atoms with Crippen molar-refractivity contribution in [1.29, 1.82) is 0 Å². The molecule has 0 saturated carbocycles. The number of hydrogen-bond acceptors (Lipinski definition) is 4. The first-order chi connectivity index (χ1) is 9.31. The van der Waals surface area contributed by atoms with Gasteiger partial charge in [-0.3, -0.25) is 4.79 Å². The Morgan fingerprint density at radius 2 is 1.90 bits per heavy atom. The molecule has 112 valence electrons. The summed E-state index contributed by atoms with van der Waals surface area (Å²) in [7, 11) is 0. The lowest BCUT2D eigenvalue weighted by molar-refractivity contribution is 0.0983. The van der Waals surface area contributed by atoms with Crippen molar-refractivity contribution in [2.75, 3.05) is 13.2 Å². The topological polar surface area (TPSA) is 58.6 Å². The molecule has 20 heavy (non-hydrogen) atoms. The number of carbonyl (C=O) groups is 1. The third-order valence-corrected chi connectivity index (χ3v) is 2.81. The predicted molar refractivity (Wildman–Crippen MR) is 80.3 cm³/mol. The maximum Gasteiger partial charge on any atom is 0.162 e. The van der Waals surface area contributed by atoms with Gasteiger partial charge in [-0.15, -0.1) is 0 Å². The number of carbonyl (C=O) groups excluding carboxylic acids is 1. The van der Waals surface area contributed by atoms with E-state index in [0.717, 1.165) is 0 Å². The van der Waals surface area contributed by atoms with Crippen molar-refractivity contribution in [1.82, 2.24) is 5.32 Å². The number of aliphatic hydroxyl groups excluding tert-OH is 1. The van der Waals surface area contributed by atoms with Crippen LogP contribution in [0.25, 0.3) is 0 Å². The van der Waals surface area contributed by atoms with Gasteiger partial charge >= 0.3 is 0 Å². The highest BCUT2D eigenvalue weighted by Gasteiger charge is 2.12. The summed E-state index contributed by atoms with van der Waals surface area (Å²) in [6, 6.07) is 7.02. The molecule has 1 unspecified atom stereocenters. The number of nitrogens with one attached hydrogen (secondary N) is 1. The Hall–Kier alpha value is -1.39. The zero-order valence-electron chi connectivity index (χ0n) is 12.8. The van der Waals surface area contributed by atoms with Crippen LogP contribution in [0.1, 0.15) is 44.5 Å². The Balaban J connectivity index is 2.40. The number of hydrogen-bond donors (Lipinski definition) is 2. The minimum atomic E-state index is -0.564. The molecule has 0 heterocycles. The van der Waals surface area contributed by atoms with Crippen LogP contribution in [0.5, 0.6) is 5.75 Å². The Labute approximate surface area is 121 Å². The zero-order chi connectivity index (χ0) is 15.2. The van der Waals surface area contributed by atoms with Gasteiger partial charge in [0.25, 0.3) is 0 Å². The highest BCUT2D eigenvalue weighted by atomic mass is 16.5. The minimum Gasteiger partial charge on any atom is -0.491 e. The lowest BCUT2D eigenvalue weighted by atomic mass is 10.1. The summed E-state index contributed by atoms with van der Waals surface area (Å²) in [6.45, 7) is 8.68. The molecule has 1 atom stereocenters. The van der Waals surface area contributed by atoms with Crippen LogP contribution >= 0.6 is 0 Å². The molecule has 1 aromatic rings. The molecule has 2 N–H and O–H groups in total. The summed E-state index contributed by atoms with van der Waals surface area (Å²) in [5, 5.41) is 13.0.